The van der Waals surface area contributed by atoms with E-state index in [4.69, 9.17) is 0 Å². The first-order valence-electron chi connectivity index (χ1n) is 10.3. The number of phenols is 1. The van der Waals surface area contributed by atoms with Gasteiger partial charge in [-0.05, 0) is 50.6 Å². The van der Waals surface area contributed by atoms with Crippen molar-refractivity contribution in [3.63, 3.8) is 0 Å². The average molecular weight is 441 g/mol. The van der Waals surface area contributed by atoms with Gasteiger partial charge in [0.2, 0.25) is 0 Å². The van der Waals surface area contributed by atoms with E-state index in [2.05, 4.69) is 16.2 Å². The lowest BCUT2D eigenvalue weighted by Crippen LogP contribution is -2.17. The van der Waals surface area contributed by atoms with Gasteiger partial charge in [0.05, 0.1) is 16.8 Å². The van der Waals surface area contributed by atoms with Crippen LogP contribution in [0.3, 0.4) is 0 Å². The number of aliphatic imine (C=N–C) groups is 1. The molecular weight excluding hydrogens is 418 g/mol. The monoisotopic (exact) mass is 441 g/mol. The van der Waals surface area contributed by atoms with Gasteiger partial charge in [-0.2, -0.15) is 0 Å². The second kappa shape index (κ2) is 8.63. The molecule has 0 spiro atoms. The molecule has 0 saturated heterocycles. The van der Waals surface area contributed by atoms with Crippen LogP contribution in [0, 0.1) is 20.8 Å². The third-order valence-corrected chi connectivity index (χ3v) is 5.35. The zero-order valence-corrected chi connectivity index (χ0v) is 18.5. The highest BCUT2D eigenvalue weighted by Crippen LogP contribution is 2.37. The van der Waals surface area contributed by atoms with E-state index in [0.717, 1.165) is 16.7 Å². The van der Waals surface area contributed by atoms with Crippen molar-refractivity contribution in [1.82, 2.24) is 9.78 Å². The molecule has 0 aliphatic heterocycles. The van der Waals surface area contributed by atoms with E-state index in [1.165, 1.54) is 23.0 Å². The standard InChI is InChI=1S/C26H23N3O4/c1-15-10-16(2)12-19(11-15)21-8-5-9-23(24(21)30)27-14-22-17(3)28-29(25(22)31)20-7-4-6-18(13-20)26(32)33/h4-14,28,30H,1-3H3,(H,32,33). The summed E-state index contributed by atoms with van der Waals surface area (Å²) in [4.78, 5) is 28.6. The predicted octanol–water partition coefficient (Wildman–Crippen LogP) is 4.91. The number of H-pyrrole nitrogens is 1. The average Bonchev–Trinajstić information content (AvgIpc) is 3.06. The number of para-hydroxylation sites is 1. The fraction of sp³-hybridized carbons (Fsp3) is 0.115. The van der Waals surface area contributed by atoms with E-state index >= 15 is 0 Å². The van der Waals surface area contributed by atoms with Gasteiger partial charge in [-0.3, -0.25) is 14.9 Å². The van der Waals surface area contributed by atoms with Crippen LogP contribution in [-0.2, 0) is 0 Å². The minimum atomic E-state index is -1.07. The van der Waals surface area contributed by atoms with Crippen molar-refractivity contribution in [3.8, 4) is 22.6 Å². The normalized spacial score (nSPS) is 11.2. The van der Waals surface area contributed by atoms with Crippen molar-refractivity contribution < 1.29 is 15.0 Å². The van der Waals surface area contributed by atoms with E-state index in [1.54, 1.807) is 31.2 Å². The van der Waals surface area contributed by atoms with Crippen molar-refractivity contribution in [1.29, 1.82) is 0 Å². The van der Waals surface area contributed by atoms with Gasteiger partial charge in [-0.15, -0.1) is 0 Å². The first kappa shape index (κ1) is 21.8. The molecule has 7 nitrogen and oxygen atoms in total. The zero-order valence-electron chi connectivity index (χ0n) is 18.5. The number of phenolic OH excluding ortho intramolecular Hbond substituents is 1. The number of aromatic amines is 1. The lowest BCUT2D eigenvalue weighted by Gasteiger charge is -2.09. The summed E-state index contributed by atoms with van der Waals surface area (Å²) < 4.78 is 1.27. The summed E-state index contributed by atoms with van der Waals surface area (Å²) in [6.07, 6.45) is 1.41. The molecule has 4 aromatic rings. The Morgan fingerprint density at radius 1 is 1.00 bits per heavy atom. The number of aromatic carboxylic acids is 1. The van der Waals surface area contributed by atoms with Gasteiger partial charge in [0.15, 0.2) is 0 Å². The summed E-state index contributed by atoms with van der Waals surface area (Å²) in [7, 11) is 0. The molecule has 0 aliphatic rings. The number of carboxylic acid groups (broad SMARTS) is 1. The maximum atomic E-state index is 13.0. The van der Waals surface area contributed by atoms with Crippen molar-refractivity contribution in [2.45, 2.75) is 20.8 Å². The molecule has 33 heavy (non-hydrogen) atoms. The largest absolute Gasteiger partial charge is 0.505 e. The van der Waals surface area contributed by atoms with Crippen LogP contribution in [-0.4, -0.2) is 32.2 Å². The van der Waals surface area contributed by atoms with E-state index in [0.29, 0.717) is 28.2 Å². The van der Waals surface area contributed by atoms with Crippen LogP contribution in [0.1, 0.15) is 32.7 Å². The highest BCUT2D eigenvalue weighted by molar-refractivity contribution is 5.88. The molecule has 0 aliphatic carbocycles. The Bertz CT molecular complexity index is 1440. The van der Waals surface area contributed by atoms with Gasteiger partial charge in [-0.25, -0.2) is 9.48 Å². The molecule has 3 N–H and O–H groups in total. The third kappa shape index (κ3) is 4.34. The Morgan fingerprint density at radius 2 is 1.70 bits per heavy atom. The Kier molecular flexibility index (Phi) is 5.70. The molecule has 1 aromatic heterocycles. The molecule has 0 amide bonds. The molecule has 0 fully saturated rings. The van der Waals surface area contributed by atoms with Crippen LogP contribution >= 0.6 is 0 Å². The smallest absolute Gasteiger partial charge is 0.335 e. The van der Waals surface area contributed by atoms with Crippen LogP contribution in [0.5, 0.6) is 5.75 Å². The minimum absolute atomic E-state index is 0.0291. The van der Waals surface area contributed by atoms with E-state index < -0.39 is 5.97 Å². The lowest BCUT2D eigenvalue weighted by molar-refractivity contribution is 0.0697. The number of hydrogen-bond donors (Lipinski definition) is 3. The number of carbonyl (C=O) groups is 1. The second-order valence-corrected chi connectivity index (χ2v) is 7.95. The molecule has 3 aromatic carbocycles. The number of aryl methyl sites for hydroxylation is 3. The van der Waals surface area contributed by atoms with Crippen LogP contribution in [0.15, 0.2) is 70.5 Å². The van der Waals surface area contributed by atoms with Crippen LogP contribution in [0.25, 0.3) is 16.8 Å². The molecule has 0 saturated carbocycles. The molecule has 7 heteroatoms. The Balaban J connectivity index is 1.72. The van der Waals surface area contributed by atoms with Crippen LogP contribution in [0.2, 0.25) is 0 Å². The van der Waals surface area contributed by atoms with Gasteiger partial charge in [-0.1, -0.05) is 47.5 Å². The fourth-order valence-corrected chi connectivity index (χ4v) is 3.80. The quantitative estimate of drug-likeness (QED) is 0.382. The summed E-state index contributed by atoms with van der Waals surface area (Å²) in [5, 5.41) is 23.0. The number of hydrogen-bond acceptors (Lipinski definition) is 4. The molecule has 0 bridgehead atoms. The van der Waals surface area contributed by atoms with Gasteiger partial charge < -0.3 is 10.2 Å². The van der Waals surface area contributed by atoms with E-state index in [9.17, 15) is 19.8 Å². The van der Waals surface area contributed by atoms with E-state index in [-0.39, 0.29) is 16.9 Å². The fourth-order valence-electron chi connectivity index (χ4n) is 3.80. The molecule has 166 valence electrons. The first-order valence-corrected chi connectivity index (χ1v) is 10.3. The van der Waals surface area contributed by atoms with Crippen molar-refractivity contribution in [3.05, 3.63) is 99.0 Å². The lowest BCUT2D eigenvalue weighted by atomic mass is 9.99. The maximum absolute atomic E-state index is 13.0. The summed E-state index contributed by atoms with van der Waals surface area (Å²) in [6.45, 7) is 5.73. The van der Waals surface area contributed by atoms with Gasteiger partial charge >= 0.3 is 5.97 Å². The van der Waals surface area contributed by atoms with Gasteiger partial charge in [0.1, 0.15) is 11.4 Å². The Labute approximate surface area is 190 Å². The summed E-state index contributed by atoms with van der Waals surface area (Å²) >= 11 is 0. The number of carboxylic acids is 1. The molecule has 1 heterocycles. The van der Waals surface area contributed by atoms with Crippen molar-refractivity contribution in [2.24, 2.45) is 4.99 Å². The molecule has 0 radical (unpaired) electrons. The topological polar surface area (TPSA) is 108 Å². The van der Waals surface area contributed by atoms with Crippen molar-refractivity contribution >= 4 is 17.9 Å². The Morgan fingerprint density at radius 3 is 2.39 bits per heavy atom. The summed E-state index contributed by atoms with van der Waals surface area (Å²) in [5.41, 5.74) is 5.06. The summed E-state index contributed by atoms with van der Waals surface area (Å²) in [5.74, 6) is -1.05. The predicted molar refractivity (Wildman–Crippen MR) is 128 cm³/mol. The molecular formula is C26H23N3O4. The molecule has 4 rings (SSSR count). The zero-order chi connectivity index (χ0) is 23.7. The van der Waals surface area contributed by atoms with Gasteiger partial charge in [0, 0.05) is 17.5 Å². The maximum Gasteiger partial charge on any atom is 0.335 e. The molecule has 0 unspecified atom stereocenters. The third-order valence-electron chi connectivity index (χ3n) is 5.35. The Hall–Kier alpha value is -4.39. The summed E-state index contributed by atoms with van der Waals surface area (Å²) in [6, 6.07) is 17.5. The second-order valence-electron chi connectivity index (χ2n) is 7.95. The number of nitrogens with zero attached hydrogens (tertiary/aromatic N) is 2. The highest BCUT2D eigenvalue weighted by Gasteiger charge is 2.14. The minimum Gasteiger partial charge on any atom is -0.505 e. The van der Waals surface area contributed by atoms with Gasteiger partial charge in [0.25, 0.3) is 5.56 Å². The van der Waals surface area contributed by atoms with Crippen LogP contribution < -0.4 is 5.56 Å². The van der Waals surface area contributed by atoms with Crippen LogP contribution in [0.4, 0.5) is 5.69 Å². The van der Waals surface area contributed by atoms with Crippen molar-refractivity contribution in [2.75, 3.05) is 0 Å². The highest BCUT2D eigenvalue weighted by atomic mass is 16.4. The first-order chi connectivity index (χ1) is 15.7. The number of aromatic nitrogens is 2. The number of rotatable bonds is 5. The number of nitrogens with one attached hydrogen (secondary N) is 1. The number of benzene rings is 3. The molecule has 0 atom stereocenters. The SMILES string of the molecule is Cc1cc(C)cc(-c2cccc(N=Cc3c(C)[nH]n(-c4cccc(C(=O)O)c4)c3=O)c2O)c1. The number of aromatic hydroxyl groups is 1. The van der Waals surface area contributed by atoms with E-state index in [1.807, 2.05) is 32.0 Å².